The molecule has 0 radical (unpaired) electrons. The highest BCUT2D eigenvalue weighted by Crippen LogP contribution is 2.47. The molecule has 4 heterocycles. The van der Waals surface area contributed by atoms with E-state index >= 15 is 0 Å². The molecule has 0 saturated heterocycles. The van der Waals surface area contributed by atoms with E-state index in [0.29, 0.717) is 53.2 Å². The van der Waals surface area contributed by atoms with Crippen molar-refractivity contribution in [2.75, 3.05) is 17.2 Å². The van der Waals surface area contributed by atoms with Gasteiger partial charge in [-0.3, -0.25) is 14.5 Å². The Morgan fingerprint density at radius 3 is 2.82 bits per heavy atom. The summed E-state index contributed by atoms with van der Waals surface area (Å²) in [7, 11) is 0. The average Bonchev–Trinajstić information content (AvgIpc) is 3.64. The van der Waals surface area contributed by atoms with Crippen molar-refractivity contribution in [3.63, 3.8) is 0 Å². The number of nitriles is 1. The summed E-state index contributed by atoms with van der Waals surface area (Å²) in [6.07, 6.45) is 4.09. The summed E-state index contributed by atoms with van der Waals surface area (Å²) >= 11 is 2.62. The number of hydrogen-bond donors (Lipinski definition) is 1. The molecule has 1 atom stereocenters. The summed E-state index contributed by atoms with van der Waals surface area (Å²) in [6, 6.07) is 13.9. The third kappa shape index (κ3) is 4.29. The van der Waals surface area contributed by atoms with E-state index in [1.165, 1.54) is 40.5 Å². The molecule has 3 aliphatic rings. The monoisotopic (exact) mass is 544 g/mol. The SMILES string of the molecule is N#CC1=C(N)N(c2nnc(SCC(=O)N3CCc4ccccc4C3)s2)C2=C(C(=O)CCC2)C1c1ccco1. The number of fused-ring (bicyclic) bond motifs is 1. The molecule has 0 spiro atoms. The molecule has 1 aromatic carbocycles. The van der Waals surface area contributed by atoms with Crippen molar-refractivity contribution in [2.24, 2.45) is 5.73 Å². The van der Waals surface area contributed by atoms with E-state index in [9.17, 15) is 14.9 Å². The smallest absolute Gasteiger partial charge is 0.233 e. The Balaban J connectivity index is 1.23. The van der Waals surface area contributed by atoms with Crippen LogP contribution in [-0.2, 0) is 22.6 Å². The van der Waals surface area contributed by atoms with Gasteiger partial charge in [-0.1, -0.05) is 47.4 Å². The normalized spacial score (nSPS) is 19.3. The number of hydrogen-bond acceptors (Lipinski definition) is 10. The summed E-state index contributed by atoms with van der Waals surface area (Å²) < 4.78 is 6.23. The van der Waals surface area contributed by atoms with Crippen LogP contribution in [0.3, 0.4) is 0 Å². The van der Waals surface area contributed by atoms with E-state index in [4.69, 9.17) is 10.2 Å². The highest BCUT2D eigenvalue weighted by molar-refractivity contribution is 8.01. The minimum atomic E-state index is -0.636. The maximum atomic E-state index is 13.1. The minimum absolute atomic E-state index is 0.0225. The quantitative estimate of drug-likeness (QED) is 0.472. The zero-order chi connectivity index (χ0) is 26.2. The number of rotatable bonds is 5. The van der Waals surface area contributed by atoms with Crippen LogP contribution in [0.15, 0.2) is 74.1 Å². The predicted molar refractivity (Wildman–Crippen MR) is 143 cm³/mol. The van der Waals surface area contributed by atoms with Crippen LogP contribution in [-0.4, -0.2) is 39.1 Å². The Kier molecular flexibility index (Phi) is 6.51. The van der Waals surface area contributed by atoms with Gasteiger partial charge in [0.2, 0.25) is 11.0 Å². The molecular weight excluding hydrogens is 520 g/mol. The van der Waals surface area contributed by atoms with Crippen LogP contribution in [0.5, 0.6) is 0 Å². The molecule has 2 aromatic heterocycles. The number of carbonyl (C=O) groups is 2. The fraction of sp³-hybridized carbons (Fsp3) is 0.296. The summed E-state index contributed by atoms with van der Waals surface area (Å²) in [6.45, 7) is 1.32. The van der Waals surface area contributed by atoms with Crippen LogP contribution in [0.2, 0.25) is 0 Å². The second-order valence-electron chi connectivity index (χ2n) is 9.30. The first-order valence-corrected chi connectivity index (χ1v) is 14.2. The lowest BCUT2D eigenvalue weighted by Crippen LogP contribution is -2.38. The Bertz CT molecular complexity index is 1520. The predicted octanol–water partition coefficient (Wildman–Crippen LogP) is 4.11. The molecule has 2 aliphatic heterocycles. The van der Waals surface area contributed by atoms with Gasteiger partial charge in [-0.15, -0.1) is 10.2 Å². The van der Waals surface area contributed by atoms with Crippen LogP contribution >= 0.6 is 23.1 Å². The number of anilines is 1. The highest BCUT2D eigenvalue weighted by atomic mass is 32.2. The highest BCUT2D eigenvalue weighted by Gasteiger charge is 2.42. The van der Waals surface area contributed by atoms with Crippen LogP contribution < -0.4 is 10.6 Å². The second-order valence-corrected chi connectivity index (χ2v) is 11.5. The number of benzene rings is 1. The molecule has 6 rings (SSSR count). The van der Waals surface area contributed by atoms with Gasteiger partial charge in [-0.05, 0) is 42.5 Å². The molecule has 3 aromatic rings. The van der Waals surface area contributed by atoms with Crippen molar-refractivity contribution >= 4 is 39.9 Å². The molecule has 1 amide bonds. The van der Waals surface area contributed by atoms with Gasteiger partial charge in [0, 0.05) is 30.8 Å². The number of thioether (sulfide) groups is 1. The van der Waals surface area contributed by atoms with Crippen LogP contribution in [0.25, 0.3) is 0 Å². The summed E-state index contributed by atoms with van der Waals surface area (Å²) in [5, 5.41) is 19.1. The number of allylic oxidation sites excluding steroid dienone is 3. The zero-order valence-corrected chi connectivity index (χ0v) is 22.1. The fourth-order valence-corrected chi connectivity index (χ4v) is 7.10. The zero-order valence-electron chi connectivity index (χ0n) is 20.4. The summed E-state index contributed by atoms with van der Waals surface area (Å²) in [5.74, 6) is 0.374. The number of nitrogens with zero attached hydrogens (tertiary/aromatic N) is 5. The number of Topliss-reactive ketones (excluding diaryl/α,β-unsaturated/α-hetero) is 1. The number of carbonyl (C=O) groups excluding carboxylic acids is 2. The first kappa shape index (κ1) is 24.5. The van der Waals surface area contributed by atoms with Gasteiger partial charge in [0.15, 0.2) is 10.1 Å². The summed E-state index contributed by atoms with van der Waals surface area (Å²) in [4.78, 5) is 29.6. The molecule has 0 saturated carbocycles. The molecule has 2 N–H and O–H groups in total. The maximum Gasteiger partial charge on any atom is 0.233 e. The third-order valence-corrected chi connectivity index (χ3v) is 9.16. The topological polar surface area (TPSA) is 129 Å². The number of aromatic nitrogens is 2. The molecule has 0 fully saturated rings. The van der Waals surface area contributed by atoms with Crippen molar-refractivity contribution in [3.8, 4) is 6.07 Å². The molecule has 11 heteroatoms. The van der Waals surface area contributed by atoms with Gasteiger partial charge in [-0.2, -0.15) is 5.26 Å². The van der Waals surface area contributed by atoms with Gasteiger partial charge in [0.1, 0.15) is 11.6 Å². The van der Waals surface area contributed by atoms with Crippen LogP contribution in [0.4, 0.5) is 5.13 Å². The fourth-order valence-electron chi connectivity index (χ4n) is 5.32. The van der Waals surface area contributed by atoms with Crippen molar-refractivity contribution in [1.82, 2.24) is 15.1 Å². The summed E-state index contributed by atoms with van der Waals surface area (Å²) in [5.41, 5.74) is 10.5. The Morgan fingerprint density at radius 2 is 2.03 bits per heavy atom. The molecule has 1 unspecified atom stereocenters. The third-order valence-electron chi connectivity index (χ3n) is 7.13. The van der Waals surface area contributed by atoms with E-state index in [-0.39, 0.29) is 28.8 Å². The van der Waals surface area contributed by atoms with E-state index in [1.807, 2.05) is 17.0 Å². The first-order chi connectivity index (χ1) is 18.5. The molecular formula is C27H24N6O3S2. The Hall–Kier alpha value is -3.88. The molecule has 9 nitrogen and oxygen atoms in total. The number of ketones is 1. The van der Waals surface area contributed by atoms with Gasteiger partial charge >= 0.3 is 0 Å². The molecule has 192 valence electrons. The first-order valence-electron chi connectivity index (χ1n) is 12.4. The van der Waals surface area contributed by atoms with Crippen molar-refractivity contribution in [2.45, 2.75) is 42.5 Å². The maximum absolute atomic E-state index is 13.1. The number of amides is 1. The van der Waals surface area contributed by atoms with Gasteiger partial charge in [0.25, 0.3) is 0 Å². The largest absolute Gasteiger partial charge is 0.468 e. The van der Waals surface area contributed by atoms with E-state index in [2.05, 4.69) is 28.4 Å². The van der Waals surface area contributed by atoms with E-state index < -0.39 is 5.92 Å². The van der Waals surface area contributed by atoms with Gasteiger partial charge in [0.05, 0.1) is 29.6 Å². The Labute approximate surface area is 227 Å². The Morgan fingerprint density at radius 1 is 1.18 bits per heavy atom. The van der Waals surface area contributed by atoms with Gasteiger partial charge < -0.3 is 15.1 Å². The average molecular weight is 545 g/mol. The van der Waals surface area contributed by atoms with Crippen LogP contribution in [0, 0.1) is 11.3 Å². The molecule has 1 aliphatic carbocycles. The lowest BCUT2D eigenvalue weighted by molar-refractivity contribution is -0.129. The second kappa shape index (κ2) is 10.1. The van der Waals surface area contributed by atoms with Crippen LogP contribution in [0.1, 0.15) is 42.1 Å². The van der Waals surface area contributed by atoms with Crippen molar-refractivity contribution < 1.29 is 14.0 Å². The minimum Gasteiger partial charge on any atom is -0.468 e. The standard InChI is InChI=1S/C27H24N6O3S2/c28-13-18-23(21-9-4-12-36-21)24-19(7-3-8-20(24)34)33(25(18)29)26-30-31-27(38-26)37-15-22(35)32-11-10-16-5-1-2-6-17(16)14-32/h1-2,4-6,9,12,23H,3,7-8,10-11,14-15,29H2. The van der Waals surface area contributed by atoms with Crippen molar-refractivity contribution in [1.29, 1.82) is 5.26 Å². The molecule has 38 heavy (non-hydrogen) atoms. The lowest BCUT2D eigenvalue weighted by Gasteiger charge is -2.37. The molecule has 0 bridgehead atoms. The van der Waals surface area contributed by atoms with Crippen molar-refractivity contribution in [3.05, 3.63) is 82.2 Å². The number of furan rings is 1. The number of nitrogens with two attached hydrogens (primary N) is 1. The lowest BCUT2D eigenvalue weighted by atomic mass is 9.78. The van der Waals surface area contributed by atoms with E-state index in [1.54, 1.807) is 17.0 Å². The van der Waals surface area contributed by atoms with E-state index in [0.717, 1.165) is 12.1 Å². The van der Waals surface area contributed by atoms with Gasteiger partial charge in [-0.25, -0.2) is 0 Å².